The van der Waals surface area contributed by atoms with Crippen molar-refractivity contribution in [2.75, 3.05) is 7.11 Å². The maximum absolute atomic E-state index is 12.1. The molecule has 1 atom stereocenters. The summed E-state index contributed by atoms with van der Waals surface area (Å²) in [7, 11) is 1.30. The van der Waals surface area contributed by atoms with E-state index in [-0.39, 0.29) is 5.91 Å². The summed E-state index contributed by atoms with van der Waals surface area (Å²) in [5.74, 6) is -0.677. The number of carbonyl (C=O) groups is 2. The van der Waals surface area contributed by atoms with Crippen molar-refractivity contribution in [2.45, 2.75) is 82.9 Å². The lowest BCUT2D eigenvalue weighted by molar-refractivity contribution is -0.145. The van der Waals surface area contributed by atoms with E-state index in [0.717, 1.165) is 38.5 Å². The van der Waals surface area contributed by atoms with Crippen LogP contribution in [0.15, 0.2) is 72.9 Å². The number of hydrogen-bond donors (Lipinski definition) is 2. The second kappa shape index (κ2) is 20.3. The highest BCUT2D eigenvalue weighted by Crippen LogP contribution is 2.19. The normalized spacial score (nSPS) is 14.0. The fourth-order valence-electron chi connectivity index (χ4n) is 2.73. The molecule has 0 saturated carbocycles. The highest BCUT2D eigenvalue weighted by molar-refractivity contribution is 7.81. The molecule has 4 nitrogen and oxygen atoms in total. The second-order valence-electron chi connectivity index (χ2n) is 8.13. The minimum absolute atomic E-state index is 0.188. The number of nitrogens with one attached hydrogen (secondary N) is 1. The summed E-state index contributed by atoms with van der Waals surface area (Å²) < 4.78 is 4.05. The molecule has 0 radical (unpaired) electrons. The predicted octanol–water partition coefficient (Wildman–Crippen LogP) is 6.83. The predicted molar refractivity (Wildman–Crippen MR) is 144 cm³/mol. The van der Waals surface area contributed by atoms with Crippen LogP contribution in [0.4, 0.5) is 0 Å². The first-order chi connectivity index (χ1) is 15.8. The van der Waals surface area contributed by atoms with E-state index in [1.807, 2.05) is 12.2 Å². The third-order valence-corrected chi connectivity index (χ3v) is 4.84. The monoisotopic (exact) mass is 473 g/mol. The van der Waals surface area contributed by atoms with Crippen LogP contribution in [0, 0.1) is 0 Å². The molecule has 184 valence electrons. The Kier molecular flexibility index (Phi) is 18.9. The van der Waals surface area contributed by atoms with Crippen molar-refractivity contribution < 1.29 is 14.3 Å². The van der Waals surface area contributed by atoms with E-state index >= 15 is 0 Å². The zero-order valence-corrected chi connectivity index (χ0v) is 21.7. The van der Waals surface area contributed by atoms with Gasteiger partial charge in [-0.3, -0.25) is 4.79 Å². The van der Waals surface area contributed by atoms with E-state index in [2.05, 4.69) is 85.6 Å². The number of esters is 1. The van der Waals surface area contributed by atoms with Crippen molar-refractivity contribution in [1.29, 1.82) is 0 Å². The van der Waals surface area contributed by atoms with Gasteiger partial charge in [0.15, 0.2) is 0 Å². The van der Waals surface area contributed by atoms with E-state index in [1.54, 1.807) is 13.8 Å². The molecule has 0 aromatic carbocycles. The zero-order chi connectivity index (χ0) is 24.8. The molecule has 0 aliphatic carbocycles. The van der Waals surface area contributed by atoms with Crippen LogP contribution >= 0.6 is 12.6 Å². The van der Waals surface area contributed by atoms with E-state index in [4.69, 9.17) is 4.74 Å². The smallest absolute Gasteiger partial charge is 0.329 e. The zero-order valence-electron chi connectivity index (χ0n) is 20.8. The standard InChI is InChI=1S/C28H43NO3S/c1-5-6-7-8-9-10-11-12-13-14-15-16-17-18-19-20-21-22-23-24-25(30)29-26(27(31)32-4)28(2,3)33/h6-7,9-10,12-13,15-16,18-19,21-22,26,33H,5,8,11,14,17,20,23-24H2,1-4H3,(H,29,30). The van der Waals surface area contributed by atoms with Gasteiger partial charge in [-0.1, -0.05) is 79.8 Å². The first-order valence-corrected chi connectivity index (χ1v) is 12.3. The van der Waals surface area contributed by atoms with E-state index in [0.29, 0.717) is 12.8 Å². The first-order valence-electron chi connectivity index (χ1n) is 11.8. The maximum atomic E-state index is 12.1. The molecular formula is C28H43NO3S. The minimum atomic E-state index is -0.774. The molecule has 0 bridgehead atoms. The largest absolute Gasteiger partial charge is 0.467 e. The Morgan fingerprint density at radius 3 is 1.55 bits per heavy atom. The molecule has 5 heteroatoms. The van der Waals surface area contributed by atoms with Gasteiger partial charge >= 0.3 is 5.97 Å². The fourth-order valence-corrected chi connectivity index (χ4v) is 2.90. The van der Waals surface area contributed by atoms with Gasteiger partial charge in [-0.15, -0.1) is 0 Å². The Morgan fingerprint density at radius 1 is 0.788 bits per heavy atom. The number of rotatable bonds is 17. The molecule has 0 fully saturated rings. The first kappa shape index (κ1) is 30.7. The number of amides is 1. The third kappa shape index (κ3) is 19.0. The lowest BCUT2D eigenvalue weighted by Crippen LogP contribution is -2.51. The molecule has 0 aliphatic heterocycles. The number of hydrogen-bond acceptors (Lipinski definition) is 4. The van der Waals surface area contributed by atoms with E-state index in [1.165, 1.54) is 7.11 Å². The van der Waals surface area contributed by atoms with Crippen molar-refractivity contribution in [2.24, 2.45) is 0 Å². The van der Waals surface area contributed by atoms with Crippen LogP contribution in [0.25, 0.3) is 0 Å². The molecule has 1 N–H and O–H groups in total. The molecule has 33 heavy (non-hydrogen) atoms. The maximum Gasteiger partial charge on any atom is 0.329 e. The van der Waals surface area contributed by atoms with Gasteiger partial charge in [0.2, 0.25) is 5.91 Å². The molecule has 0 saturated heterocycles. The van der Waals surface area contributed by atoms with E-state index < -0.39 is 16.8 Å². The molecule has 0 aromatic rings. The molecule has 0 rings (SSSR count). The van der Waals surface area contributed by atoms with Gasteiger partial charge in [-0.05, 0) is 58.8 Å². The van der Waals surface area contributed by atoms with Crippen molar-refractivity contribution in [3.63, 3.8) is 0 Å². The lowest BCUT2D eigenvalue weighted by atomic mass is 10.0. The molecular weight excluding hydrogens is 430 g/mol. The Hall–Kier alpha value is -2.27. The SMILES string of the molecule is CCC=CCC=CCC=CCC=CCC=CCC=CCCC(=O)NC(C(=O)OC)C(C)(C)S. The topological polar surface area (TPSA) is 55.4 Å². The number of methoxy groups -OCH3 is 1. The molecule has 0 aromatic heterocycles. The Balaban J connectivity index is 3.90. The van der Waals surface area contributed by atoms with Gasteiger partial charge in [0.05, 0.1) is 7.11 Å². The number of carbonyl (C=O) groups excluding carboxylic acids is 2. The number of thiol groups is 1. The minimum Gasteiger partial charge on any atom is -0.467 e. The molecule has 1 unspecified atom stereocenters. The lowest BCUT2D eigenvalue weighted by Gasteiger charge is -2.28. The van der Waals surface area contributed by atoms with Gasteiger partial charge in [0, 0.05) is 11.2 Å². The van der Waals surface area contributed by atoms with Gasteiger partial charge in [0.25, 0.3) is 0 Å². The summed E-state index contributed by atoms with van der Waals surface area (Å²) in [5, 5.41) is 2.71. The van der Waals surface area contributed by atoms with Crippen LogP contribution in [-0.2, 0) is 14.3 Å². The van der Waals surface area contributed by atoms with Crippen LogP contribution in [0.2, 0.25) is 0 Å². The fraction of sp³-hybridized carbons (Fsp3) is 0.500. The van der Waals surface area contributed by atoms with E-state index in [9.17, 15) is 9.59 Å². The quantitative estimate of drug-likeness (QED) is 0.138. The molecule has 1 amide bonds. The van der Waals surface area contributed by atoms with Crippen LogP contribution in [0.1, 0.15) is 72.1 Å². The molecule has 0 aliphatic rings. The summed E-state index contributed by atoms with van der Waals surface area (Å²) in [6, 6.07) is -0.774. The van der Waals surface area contributed by atoms with Crippen LogP contribution in [0.3, 0.4) is 0 Å². The summed E-state index contributed by atoms with van der Waals surface area (Å²) in [5.41, 5.74) is 0. The van der Waals surface area contributed by atoms with Crippen molar-refractivity contribution in [3.8, 4) is 0 Å². The Labute approximate surface area is 207 Å². The van der Waals surface area contributed by atoms with Crippen molar-refractivity contribution in [3.05, 3.63) is 72.9 Å². The molecule has 0 spiro atoms. The average Bonchev–Trinajstić information content (AvgIpc) is 2.77. The summed E-state index contributed by atoms with van der Waals surface area (Å²) in [6.07, 6.45) is 32.6. The van der Waals surface area contributed by atoms with Crippen LogP contribution in [-0.4, -0.2) is 29.8 Å². The third-order valence-electron chi connectivity index (χ3n) is 4.58. The van der Waals surface area contributed by atoms with Crippen molar-refractivity contribution >= 4 is 24.5 Å². The molecule has 0 heterocycles. The number of allylic oxidation sites excluding steroid dienone is 12. The van der Waals surface area contributed by atoms with Crippen molar-refractivity contribution in [1.82, 2.24) is 5.32 Å². The van der Waals surface area contributed by atoms with Crippen LogP contribution in [0.5, 0.6) is 0 Å². The summed E-state index contributed by atoms with van der Waals surface area (Å²) in [4.78, 5) is 23.9. The van der Waals surface area contributed by atoms with Crippen LogP contribution < -0.4 is 5.32 Å². The highest BCUT2D eigenvalue weighted by Gasteiger charge is 2.34. The summed E-state index contributed by atoms with van der Waals surface area (Å²) >= 11 is 4.38. The average molecular weight is 474 g/mol. The Morgan fingerprint density at radius 2 is 1.18 bits per heavy atom. The van der Waals surface area contributed by atoms with Gasteiger partial charge in [0.1, 0.15) is 6.04 Å². The van der Waals surface area contributed by atoms with Gasteiger partial charge in [-0.25, -0.2) is 4.79 Å². The van der Waals surface area contributed by atoms with Gasteiger partial charge in [-0.2, -0.15) is 12.6 Å². The Bertz CT molecular complexity index is 709. The summed E-state index contributed by atoms with van der Waals surface area (Å²) in [6.45, 7) is 5.68. The number of ether oxygens (including phenoxy) is 1. The van der Waals surface area contributed by atoms with Gasteiger partial charge < -0.3 is 10.1 Å². The second-order valence-corrected chi connectivity index (χ2v) is 9.28. The highest BCUT2D eigenvalue weighted by atomic mass is 32.1.